The van der Waals surface area contributed by atoms with Gasteiger partial charge in [0.2, 0.25) is 6.79 Å². The van der Waals surface area contributed by atoms with Crippen LogP contribution in [0, 0.1) is 5.82 Å². The smallest absolute Gasteiger partial charge is 0.231 e. The van der Waals surface area contributed by atoms with E-state index in [2.05, 4.69) is 20.8 Å². The summed E-state index contributed by atoms with van der Waals surface area (Å²) in [5.41, 5.74) is 0.483. The van der Waals surface area contributed by atoms with E-state index in [0.29, 0.717) is 23.5 Å². The van der Waals surface area contributed by atoms with Crippen molar-refractivity contribution in [2.24, 2.45) is 5.90 Å². The van der Waals surface area contributed by atoms with Crippen LogP contribution in [-0.4, -0.2) is 13.4 Å². The summed E-state index contributed by atoms with van der Waals surface area (Å²) >= 11 is 3.12. The fraction of sp³-hybridized carbons (Fsp3) is 0.333. The molecule has 0 amide bonds. The van der Waals surface area contributed by atoms with Crippen LogP contribution in [0.4, 0.5) is 4.39 Å². The number of nitrogens with two attached hydrogens (primary N) is 1. The lowest BCUT2D eigenvalue weighted by molar-refractivity contribution is 0.140. The first kappa shape index (κ1) is 10.7. The third kappa shape index (κ3) is 1.92. The van der Waals surface area contributed by atoms with Crippen molar-refractivity contribution in [3.05, 3.63) is 21.9 Å². The van der Waals surface area contributed by atoms with Gasteiger partial charge in [0.1, 0.15) is 5.82 Å². The highest BCUT2D eigenvalue weighted by atomic mass is 79.9. The molecule has 6 heteroatoms. The molecule has 1 aliphatic rings. The van der Waals surface area contributed by atoms with Crippen LogP contribution < -0.4 is 15.4 Å². The van der Waals surface area contributed by atoms with Crippen molar-refractivity contribution in [1.29, 1.82) is 0 Å². The first-order valence-corrected chi connectivity index (χ1v) is 5.11. The molecule has 0 bridgehead atoms. The van der Waals surface area contributed by atoms with Gasteiger partial charge in [0.25, 0.3) is 0 Å². The van der Waals surface area contributed by atoms with Crippen molar-refractivity contribution < 1.29 is 18.7 Å². The number of fused-ring (bicyclic) bond motifs is 1. The molecule has 0 fully saturated rings. The minimum absolute atomic E-state index is 0.115. The Morgan fingerprint density at radius 1 is 1.53 bits per heavy atom. The van der Waals surface area contributed by atoms with Gasteiger partial charge in [-0.1, -0.05) is 0 Å². The molecular formula is C9H9BrFNO3. The number of halogens is 2. The molecule has 0 radical (unpaired) electrons. The summed E-state index contributed by atoms with van der Waals surface area (Å²) in [4.78, 5) is 4.41. The van der Waals surface area contributed by atoms with Crippen molar-refractivity contribution in [3.63, 3.8) is 0 Å². The van der Waals surface area contributed by atoms with Crippen molar-refractivity contribution in [3.8, 4) is 11.5 Å². The second-order valence-corrected chi connectivity index (χ2v) is 3.81. The Kier molecular flexibility index (Phi) is 3.08. The van der Waals surface area contributed by atoms with Gasteiger partial charge in [-0.3, -0.25) is 0 Å². The van der Waals surface area contributed by atoms with Gasteiger partial charge >= 0.3 is 0 Å². The Morgan fingerprint density at radius 3 is 3.07 bits per heavy atom. The molecule has 0 unspecified atom stereocenters. The summed E-state index contributed by atoms with van der Waals surface area (Å²) in [5.74, 6) is 5.47. The second kappa shape index (κ2) is 4.34. The highest BCUT2D eigenvalue weighted by molar-refractivity contribution is 9.10. The van der Waals surface area contributed by atoms with E-state index in [9.17, 15) is 4.39 Å². The highest BCUT2D eigenvalue weighted by Gasteiger charge is 2.22. The molecule has 4 nitrogen and oxygen atoms in total. The van der Waals surface area contributed by atoms with Crippen molar-refractivity contribution in [2.75, 3.05) is 13.4 Å². The first-order valence-electron chi connectivity index (χ1n) is 4.32. The molecule has 0 aromatic heterocycles. The lowest BCUT2D eigenvalue weighted by Gasteiger charge is -2.06. The Morgan fingerprint density at radius 2 is 2.33 bits per heavy atom. The van der Waals surface area contributed by atoms with E-state index in [4.69, 9.17) is 15.4 Å². The van der Waals surface area contributed by atoms with Crippen LogP contribution in [0.5, 0.6) is 11.5 Å². The molecule has 1 aromatic rings. The number of hydrogen-bond donors (Lipinski definition) is 1. The van der Waals surface area contributed by atoms with Crippen LogP contribution in [0.25, 0.3) is 0 Å². The zero-order valence-corrected chi connectivity index (χ0v) is 9.34. The minimum Gasteiger partial charge on any atom is -0.454 e. The van der Waals surface area contributed by atoms with Crippen molar-refractivity contribution in [2.45, 2.75) is 6.42 Å². The molecular weight excluding hydrogens is 269 g/mol. The molecule has 2 rings (SSSR count). The quantitative estimate of drug-likeness (QED) is 0.856. The van der Waals surface area contributed by atoms with Gasteiger partial charge in [0.05, 0.1) is 11.1 Å². The molecule has 0 saturated heterocycles. The molecule has 0 atom stereocenters. The fourth-order valence-electron chi connectivity index (χ4n) is 1.38. The topological polar surface area (TPSA) is 53.7 Å². The van der Waals surface area contributed by atoms with E-state index in [1.165, 1.54) is 0 Å². The maximum atomic E-state index is 13.7. The van der Waals surface area contributed by atoms with Crippen molar-refractivity contribution in [1.82, 2.24) is 0 Å². The van der Waals surface area contributed by atoms with Crippen molar-refractivity contribution >= 4 is 15.9 Å². The van der Waals surface area contributed by atoms with Gasteiger partial charge in [-0.15, -0.1) is 0 Å². The summed E-state index contributed by atoms with van der Waals surface area (Å²) in [5, 5.41) is 0. The molecule has 1 heterocycles. The summed E-state index contributed by atoms with van der Waals surface area (Å²) in [7, 11) is 0. The van der Waals surface area contributed by atoms with Crippen LogP contribution in [-0.2, 0) is 11.3 Å². The molecule has 1 aliphatic heterocycles. The predicted molar refractivity (Wildman–Crippen MR) is 54.1 cm³/mol. The van der Waals surface area contributed by atoms with E-state index in [1.807, 2.05) is 0 Å². The molecule has 15 heavy (non-hydrogen) atoms. The normalized spacial score (nSPS) is 13.3. The lowest BCUT2D eigenvalue weighted by Crippen LogP contribution is -2.05. The molecule has 2 N–H and O–H groups in total. The lowest BCUT2D eigenvalue weighted by atomic mass is 10.1. The van der Waals surface area contributed by atoms with Crippen LogP contribution in [0.2, 0.25) is 0 Å². The number of ether oxygens (including phenoxy) is 2. The predicted octanol–water partition coefficient (Wildman–Crippen LogP) is 1.75. The monoisotopic (exact) mass is 277 g/mol. The second-order valence-electron chi connectivity index (χ2n) is 3.02. The Labute approximate surface area is 94.2 Å². The Bertz CT molecular complexity index is 386. The third-order valence-corrected chi connectivity index (χ3v) is 2.82. The first-order chi connectivity index (χ1) is 7.24. The van der Waals surface area contributed by atoms with Crippen LogP contribution in [0.15, 0.2) is 10.5 Å². The van der Waals surface area contributed by atoms with E-state index in [0.717, 1.165) is 0 Å². The molecule has 0 spiro atoms. The third-order valence-electron chi connectivity index (χ3n) is 2.11. The van der Waals surface area contributed by atoms with Gasteiger partial charge in [-0.25, -0.2) is 10.3 Å². The average Bonchev–Trinajstić information content (AvgIpc) is 2.69. The highest BCUT2D eigenvalue weighted by Crippen LogP contribution is 2.42. The number of rotatable bonds is 3. The largest absolute Gasteiger partial charge is 0.454 e. The maximum Gasteiger partial charge on any atom is 0.231 e. The van der Waals surface area contributed by atoms with Crippen LogP contribution in [0.1, 0.15) is 5.56 Å². The molecule has 82 valence electrons. The average molecular weight is 278 g/mol. The molecule has 0 aliphatic carbocycles. The minimum atomic E-state index is -0.365. The Balaban J connectivity index is 2.36. The van der Waals surface area contributed by atoms with E-state index in [-0.39, 0.29) is 23.7 Å². The zero-order valence-electron chi connectivity index (χ0n) is 7.76. The fourth-order valence-corrected chi connectivity index (χ4v) is 1.94. The summed E-state index contributed by atoms with van der Waals surface area (Å²) in [6, 6.07) is 1.60. The zero-order chi connectivity index (χ0) is 10.8. The number of benzene rings is 1. The van der Waals surface area contributed by atoms with Crippen LogP contribution in [0.3, 0.4) is 0 Å². The number of hydrogen-bond acceptors (Lipinski definition) is 4. The van der Waals surface area contributed by atoms with Gasteiger partial charge in [-0.2, -0.15) is 0 Å². The summed E-state index contributed by atoms with van der Waals surface area (Å²) in [6.07, 6.45) is 0.386. The van der Waals surface area contributed by atoms with Gasteiger partial charge < -0.3 is 14.3 Å². The van der Waals surface area contributed by atoms with Crippen LogP contribution >= 0.6 is 15.9 Å². The maximum absolute atomic E-state index is 13.7. The Hall–Kier alpha value is -0.850. The summed E-state index contributed by atoms with van der Waals surface area (Å²) in [6.45, 7) is 0.368. The van der Waals surface area contributed by atoms with E-state index in [1.54, 1.807) is 6.07 Å². The molecule has 1 aromatic carbocycles. The molecule has 0 saturated carbocycles. The van der Waals surface area contributed by atoms with Gasteiger partial charge in [0.15, 0.2) is 11.5 Å². The summed E-state index contributed by atoms with van der Waals surface area (Å²) < 4.78 is 24.3. The standard InChI is InChI=1S/C9H9BrFNO3/c10-7-8(11)5(1-2-15-12)3-6-9(7)14-4-13-6/h3H,1-2,4,12H2. The van der Waals surface area contributed by atoms with Gasteiger partial charge in [-0.05, 0) is 27.6 Å². The van der Waals surface area contributed by atoms with E-state index < -0.39 is 0 Å². The van der Waals surface area contributed by atoms with E-state index >= 15 is 0 Å². The van der Waals surface area contributed by atoms with Gasteiger partial charge in [0, 0.05) is 6.42 Å². The SMILES string of the molecule is NOCCc1cc2c(c(Br)c1F)OCO2.